The third-order valence-corrected chi connectivity index (χ3v) is 3.64. The molecule has 1 amide bonds. The summed E-state index contributed by atoms with van der Waals surface area (Å²) >= 11 is 0. The number of amides is 1. The van der Waals surface area contributed by atoms with E-state index in [9.17, 15) is 4.79 Å². The number of nitrogens with two attached hydrogens (primary N) is 1. The Bertz CT molecular complexity index is 552. The maximum Gasteiger partial charge on any atom is 0.252 e. The topological polar surface area (TPSA) is 64.4 Å². The van der Waals surface area contributed by atoms with E-state index in [1.165, 1.54) is 0 Å². The summed E-state index contributed by atoms with van der Waals surface area (Å²) in [6, 6.07) is 5.71. The summed E-state index contributed by atoms with van der Waals surface area (Å²) in [4.78, 5) is 12.4. The first kappa shape index (κ1) is 15.6. The van der Waals surface area contributed by atoms with E-state index in [-0.39, 0.29) is 12.5 Å². The normalized spacial score (nSPS) is 15.1. The molecule has 0 atom stereocenters. The molecule has 0 bridgehead atoms. The minimum Gasteiger partial charge on any atom is -0.381 e. The molecule has 1 aromatic carbocycles. The Kier molecular flexibility index (Phi) is 5.79. The lowest BCUT2D eigenvalue weighted by atomic mass is 9.99. The number of ether oxygens (including phenoxy) is 1. The SMILES string of the molecule is Cc1ccc(C#CCN)c(C(=O)NCC2CCOCC2)c1. The zero-order chi connectivity index (χ0) is 15.1. The van der Waals surface area contributed by atoms with Gasteiger partial charge in [0.1, 0.15) is 0 Å². The molecule has 0 unspecified atom stereocenters. The van der Waals surface area contributed by atoms with Crippen molar-refractivity contribution >= 4 is 5.91 Å². The molecule has 0 radical (unpaired) electrons. The fourth-order valence-corrected chi connectivity index (χ4v) is 2.38. The lowest BCUT2D eigenvalue weighted by Crippen LogP contribution is -2.32. The number of nitrogens with one attached hydrogen (secondary N) is 1. The summed E-state index contributed by atoms with van der Waals surface area (Å²) in [5.41, 5.74) is 7.81. The van der Waals surface area contributed by atoms with E-state index in [0.29, 0.717) is 18.0 Å². The van der Waals surface area contributed by atoms with Crippen LogP contribution in [0.4, 0.5) is 0 Å². The molecular formula is C17H22N2O2. The standard InChI is InChI=1S/C17H22N2O2/c1-13-4-5-15(3-2-8-18)16(11-13)17(20)19-12-14-6-9-21-10-7-14/h4-5,11,14H,6-10,12,18H2,1H3,(H,19,20). The van der Waals surface area contributed by atoms with E-state index >= 15 is 0 Å². The fraction of sp³-hybridized carbons (Fsp3) is 0.471. The van der Waals surface area contributed by atoms with Crippen LogP contribution in [0.2, 0.25) is 0 Å². The lowest BCUT2D eigenvalue weighted by Gasteiger charge is -2.22. The van der Waals surface area contributed by atoms with Crippen molar-refractivity contribution < 1.29 is 9.53 Å². The number of carbonyl (C=O) groups is 1. The number of benzene rings is 1. The van der Waals surface area contributed by atoms with E-state index in [4.69, 9.17) is 10.5 Å². The molecule has 1 saturated heterocycles. The lowest BCUT2D eigenvalue weighted by molar-refractivity contribution is 0.0642. The van der Waals surface area contributed by atoms with Crippen molar-refractivity contribution in [3.8, 4) is 11.8 Å². The molecule has 1 fully saturated rings. The van der Waals surface area contributed by atoms with E-state index < -0.39 is 0 Å². The van der Waals surface area contributed by atoms with Gasteiger partial charge in [0.25, 0.3) is 5.91 Å². The maximum absolute atomic E-state index is 12.4. The average Bonchev–Trinajstić information content (AvgIpc) is 2.52. The van der Waals surface area contributed by atoms with Gasteiger partial charge in [-0.05, 0) is 37.8 Å². The summed E-state index contributed by atoms with van der Waals surface area (Å²) in [5, 5.41) is 3.02. The van der Waals surface area contributed by atoms with Crippen molar-refractivity contribution in [3.63, 3.8) is 0 Å². The molecule has 1 aliphatic rings. The molecule has 1 aliphatic heterocycles. The number of hydrogen-bond donors (Lipinski definition) is 2. The van der Waals surface area contributed by atoms with Gasteiger partial charge < -0.3 is 15.8 Å². The van der Waals surface area contributed by atoms with Gasteiger partial charge in [-0.15, -0.1) is 0 Å². The summed E-state index contributed by atoms with van der Waals surface area (Å²) in [6.45, 7) is 4.53. The molecule has 21 heavy (non-hydrogen) atoms. The smallest absolute Gasteiger partial charge is 0.252 e. The number of aryl methyl sites for hydroxylation is 1. The van der Waals surface area contributed by atoms with Crippen molar-refractivity contribution in [2.75, 3.05) is 26.3 Å². The second kappa shape index (κ2) is 7.82. The minimum absolute atomic E-state index is 0.0634. The zero-order valence-corrected chi connectivity index (χ0v) is 12.4. The van der Waals surface area contributed by atoms with E-state index in [1.807, 2.05) is 25.1 Å². The largest absolute Gasteiger partial charge is 0.381 e. The van der Waals surface area contributed by atoms with E-state index in [2.05, 4.69) is 17.2 Å². The van der Waals surface area contributed by atoms with Crippen LogP contribution in [-0.2, 0) is 4.74 Å². The summed E-state index contributed by atoms with van der Waals surface area (Å²) in [7, 11) is 0. The molecule has 0 aromatic heterocycles. The van der Waals surface area contributed by atoms with Crippen molar-refractivity contribution in [1.29, 1.82) is 0 Å². The van der Waals surface area contributed by atoms with Crippen LogP contribution in [0.1, 0.15) is 34.3 Å². The number of carbonyl (C=O) groups excluding carboxylic acids is 1. The highest BCUT2D eigenvalue weighted by molar-refractivity contribution is 5.96. The van der Waals surface area contributed by atoms with Crippen LogP contribution in [0.25, 0.3) is 0 Å². The van der Waals surface area contributed by atoms with Gasteiger partial charge in [-0.1, -0.05) is 23.5 Å². The molecule has 0 saturated carbocycles. The predicted octanol–water partition coefficient (Wildman–Crippen LogP) is 1.46. The Morgan fingerprint density at radius 2 is 2.19 bits per heavy atom. The van der Waals surface area contributed by atoms with Gasteiger partial charge in [0.2, 0.25) is 0 Å². The van der Waals surface area contributed by atoms with Crippen LogP contribution < -0.4 is 11.1 Å². The van der Waals surface area contributed by atoms with E-state index in [0.717, 1.165) is 37.2 Å². The van der Waals surface area contributed by atoms with Crippen molar-refractivity contribution in [1.82, 2.24) is 5.32 Å². The molecule has 4 nitrogen and oxygen atoms in total. The summed E-state index contributed by atoms with van der Waals surface area (Å²) < 4.78 is 5.33. The first-order valence-corrected chi connectivity index (χ1v) is 7.36. The Morgan fingerprint density at radius 3 is 2.90 bits per heavy atom. The first-order chi connectivity index (χ1) is 10.2. The highest BCUT2D eigenvalue weighted by atomic mass is 16.5. The van der Waals surface area contributed by atoms with Gasteiger partial charge in [0, 0.05) is 25.3 Å². The first-order valence-electron chi connectivity index (χ1n) is 7.36. The van der Waals surface area contributed by atoms with Gasteiger partial charge in [0.05, 0.1) is 12.1 Å². The van der Waals surface area contributed by atoms with Crippen LogP contribution in [0.3, 0.4) is 0 Å². The Balaban J connectivity index is 2.04. The van der Waals surface area contributed by atoms with Crippen LogP contribution in [-0.4, -0.2) is 32.2 Å². The Hall–Kier alpha value is -1.83. The summed E-state index contributed by atoms with van der Waals surface area (Å²) in [6.07, 6.45) is 2.02. The summed E-state index contributed by atoms with van der Waals surface area (Å²) in [5.74, 6) is 6.21. The second-order valence-electron chi connectivity index (χ2n) is 5.32. The number of hydrogen-bond acceptors (Lipinski definition) is 3. The second-order valence-corrected chi connectivity index (χ2v) is 5.32. The van der Waals surface area contributed by atoms with Crippen LogP contribution >= 0.6 is 0 Å². The fourth-order valence-electron chi connectivity index (χ4n) is 2.38. The molecule has 1 heterocycles. The monoisotopic (exact) mass is 286 g/mol. The molecule has 1 aromatic rings. The van der Waals surface area contributed by atoms with Crippen molar-refractivity contribution in [2.45, 2.75) is 19.8 Å². The minimum atomic E-state index is -0.0634. The highest BCUT2D eigenvalue weighted by Gasteiger charge is 2.16. The maximum atomic E-state index is 12.4. The Morgan fingerprint density at radius 1 is 1.43 bits per heavy atom. The van der Waals surface area contributed by atoms with Gasteiger partial charge >= 0.3 is 0 Å². The van der Waals surface area contributed by atoms with Gasteiger partial charge in [-0.2, -0.15) is 0 Å². The molecular weight excluding hydrogens is 264 g/mol. The van der Waals surface area contributed by atoms with Crippen molar-refractivity contribution in [3.05, 3.63) is 34.9 Å². The van der Waals surface area contributed by atoms with Crippen LogP contribution in [0, 0.1) is 24.7 Å². The Labute approximate surface area is 126 Å². The third kappa shape index (κ3) is 4.59. The predicted molar refractivity (Wildman–Crippen MR) is 83.0 cm³/mol. The van der Waals surface area contributed by atoms with Gasteiger partial charge in [-0.3, -0.25) is 4.79 Å². The highest BCUT2D eigenvalue weighted by Crippen LogP contribution is 2.15. The van der Waals surface area contributed by atoms with Crippen LogP contribution in [0.5, 0.6) is 0 Å². The molecule has 112 valence electrons. The molecule has 0 spiro atoms. The van der Waals surface area contributed by atoms with Crippen molar-refractivity contribution in [2.24, 2.45) is 11.7 Å². The quantitative estimate of drug-likeness (QED) is 0.827. The van der Waals surface area contributed by atoms with Gasteiger partial charge in [0.15, 0.2) is 0 Å². The molecule has 3 N–H and O–H groups in total. The van der Waals surface area contributed by atoms with E-state index in [1.54, 1.807) is 0 Å². The van der Waals surface area contributed by atoms with Crippen LogP contribution in [0.15, 0.2) is 18.2 Å². The average molecular weight is 286 g/mol. The zero-order valence-electron chi connectivity index (χ0n) is 12.4. The number of rotatable bonds is 3. The van der Waals surface area contributed by atoms with Gasteiger partial charge in [-0.25, -0.2) is 0 Å². The molecule has 4 heteroatoms. The third-order valence-electron chi connectivity index (χ3n) is 3.64. The molecule has 2 rings (SSSR count). The molecule has 0 aliphatic carbocycles.